The zero-order valence-electron chi connectivity index (χ0n) is 10.9. The molecule has 0 saturated heterocycles. The maximum Gasteiger partial charge on any atom is 0.441 e. The van der Waals surface area contributed by atoms with Gasteiger partial charge in [0.1, 0.15) is 5.76 Å². The van der Waals surface area contributed by atoms with Crippen LogP contribution in [-0.2, 0) is 17.7 Å². The Bertz CT molecular complexity index is 649. The number of ether oxygens (including phenoxy) is 1. The summed E-state index contributed by atoms with van der Waals surface area (Å²) in [5.41, 5.74) is 0.733. The molecule has 0 saturated carbocycles. The minimum Gasteiger partial charge on any atom is -0.463 e. The number of aromatic nitrogens is 2. The topological polar surface area (TPSA) is 87.5 Å². The fourth-order valence-electron chi connectivity index (χ4n) is 1.79. The van der Waals surface area contributed by atoms with Crippen molar-refractivity contribution in [2.24, 2.45) is 0 Å². The number of nitrogens with zero attached hydrogens (tertiary/aromatic N) is 2. The predicted molar refractivity (Wildman–Crippen MR) is 64.0 cm³/mol. The first-order chi connectivity index (χ1) is 9.06. The van der Waals surface area contributed by atoms with Gasteiger partial charge in [-0.3, -0.25) is 9.09 Å². The van der Waals surface area contributed by atoms with Gasteiger partial charge in [-0.1, -0.05) is 12.1 Å². The van der Waals surface area contributed by atoms with E-state index in [0.717, 1.165) is 5.56 Å². The van der Waals surface area contributed by atoms with Gasteiger partial charge in [0.15, 0.2) is 5.82 Å². The highest BCUT2D eigenvalue weighted by Gasteiger charge is 2.18. The van der Waals surface area contributed by atoms with E-state index in [2.05, 4.69) is 14.4 Å². The van der Waals surface area contributed by atoms with Crippen molar-refractivity contribution in [2.45, 2.75) is 26.8 Å². The summed E-state index contributed by atoms with van der Waals surface area (Å²) in [5, 5.41) is 3.58. The van der Waals surface area contributed by atoms with Crippen LogP contribution in [0.1, 0.15) is 34.6 Å². The smallest absolute Gasteiger partial charge is 0.441 e. The first-order valence-electron chi connectivity index (χ1n) is 5.79. The molecule has 7 nitrogen and oxygen atoms in total. The Hall–Kier alpha value is -2.31. The molecule has 0 radical (unpaired) electrons. The van der Waals surface area contributed by atoms with Gasteiger partial charge in [-0.15, -0.1) is 0 Å². The van der Waals surface area contributed by atoms with Crippen molar-refractivity contribution < 1.29 is 18.5 Å². The molecular formula is C12H14N2O5. The molecule has 0 aliphatic carbocycles. The average molecular weight is 266 g/mol. The lowest BCUT2D eigenvalue weighted by Gasteiger charge is -2.00. The van der Waals surface area contributed by atoms with Crippen molar-refractivity contribution >= 4 is 5.97 Å². The summed E-state index contributed by atoms with van der Waals surface area (Å²) in [5.74, 6) is 0.132. The van der Waals surface area contributed by atoms with Crippen LogP contribution in [0.5, 0.6) is 0 Å². The fourth-order valence-corrected chi connectivity index (χ4v) is 1.79. The zero-order valence-corrected chi connectivity index (χ0v) is 10.9. The SMILES string of the molecule is CCc1oc(C(=O)OC)cc1Cn1c(C)noc1=O. The molecule has 0 N–H and O–H groups in total. The number of furan rings is 1. The van der Waals surface area contributed by atoms with Crippen LogP contribution in [0.2, 0.25) is 0 Å². The third-order valence-corrected chi connectivity index (χ3v) is 2.80. The van der Waals surface area contributed by atoms with E-state index in [1.54, 1.807) is 13.0 Å². The van der Waals surface area contributed by atoms with E-state index in [1.165, 1.54) is 11.7 Å². The first-order valence-corrected chi connectivity index (χ1v) is 5.79. The molecule has 0 fully saturated rings. The molecule has 2 heterocycles. The summed E-state index contributed by atoms with van der Waals surface area (Å²) < 4.78 is 15.9. The van der Waals surface area contributed by atoms with Crippen molar-refractivity contribution in [3.8, 4) is 0 Å². The third kappa shape index (κ3) is 2.44. The lowest BCUT2D eigenvalue weighted by molar-refractivity contribution is 0.0563. The van der Waals surface area contributed by atoms with Crippen molar-refractivity contribution in [1.82, 2.24) is 9.72 Å². The van der Waals surface area contributed by atoms with Gasteiger partial charge in [-0.25, -0.2) is 9.59 Å². The fraction of sp³-hybridized carbons (Fsp3) is 0.417. The summed E-state index contributed by atoms with van der Waals surface area (Å²) in [6, 6.07) is 1.57. The van der Waals surface area contributed by atoms with Crippen LogP contribution in [0.4, 0.5) is 0 Å². The molecule has 102 valence electrons. The van der Waals surface area contributed by atoms with Gasteiger partial charge in [0.2, 0.25) is 5.76 Å². The molecule has 0 amide bonds. The minimum absolute atomic E-state index is 0.122. The minimum atomic E-state index is -0.546. The number of carbonyl (C=O) groups excluding carboxylic acids is 1. The predicted octanol–water partition coefficient (Wildman–Crippen LogP) is 1.14. The van der Waals surface area contributed by atoms with Gasteiger partial charge in [-0.2, -0.15) is 0 Å². The van der Waals surface area contributed by atoms with Gasteiger partial charge in [0.25, 0.3) is 0 Å². The average Bonchev–Trinajstić information content (AvgIpc) is 2.96. The van der Waals surface area contributed by atoms with E-state index >= 15 is 0 Å². The van der Waals surface area contributed by atoms with Gasteiger partial charge in [-0.05, 0) is 13.0 Å². The summed E-state index contributed by atoms with van der Waals surface area (Å²) in [6.45, 7) is 3.81. The number of rotatable bonds is 4. The number of methoxy groups -OCH3 is 1. The highest BCUT2D eigenvalue weighted by atomic mass is 16.5. The lowest BCUT2D eigenvalue weighted by atomic mass is 10.2. The molecule has 0 atom stereocenters. The Labute approximate surface area is 108 Å². The van der Waals surface area contributed by atoms with Crippen LogP contribution in [0.25, 0.3) is 0 Å². The van der Waals surface area contributed by atoms with E-state index in [-0.39, 0.29) is 12.3 Å². The molecule has 2 aromatic rings. The molecule has 0 spiro atoms. The van der Waals surface area contributed by atoms with Crippen molar-refractivity contribution in [3.63, 3.8) is 0 Å². The van der Waals surface area contributed by atoms with Crippen LogP contribution in [0, 0.1) is 6.92 Å². The quantitative estimate of drug-likeness (QED) is 0.771. The normalized spacial score (nSPS) is 10.7. The zero-order chi connectivity index (χ0) is 14.0. The second-order valence-corrected chi connectivity index (χ2v) is 3.99. The van der Waals surface area contributed by atoms with E-state index in [9.17, 15) is 9.59 Å². The molecule has 2 rings (SSSR count). The number of hydrogen-bond donors (Lipinski definition) is 0. The Morgan fingerprint density at radius 2 is 2.26 bits per heavy atom. The lowest BCUT2D eigenvalue weighted by Crippen LogP contribution is -2.16. The second kappa shape index (κ2) is 5.13. The Kier molecular flexibility index (Phi) is 3.55. The highest BCUT2D eigenvalue weighted by Crippen LogP contribution is 2.18. The van der Waals surface area contributed by atoms with Crippen molar-refractivity contribution in [2.75, 3.05) is 7.11 Å². The van der Waals surface area contributed by atoms with Crippen LogP contribution < -0.4 is 5.76 Å². The molecule has 0 bridgehead atoms. The Morgan fingerprint density at radius 3 is 2.79 bits per heavy atom. The van der Waals surface area contributed by atoms with E-state index < -0.39 is 11.7 Å². The van der Waals surface area contributed by atoms with Gasteiger partial charge in [0, 0.05) is 12.0 Å². The number of carbonyl (C=O) groups is 1. The van der Waals surface area contributed by atoms with Gasteiger partial charge < -0.3 is 9.15 Å². The summed E-state index contributed by atoms with van der Waals surface area (Å²) >= 11 is 0. The first kappa shape index (κ1) is 13.1. The number of aryl methyl sites for hydroxylation is 2. The molecule has 2 aromatic heterocycles. The summed E-state index contributed by atoms with van der Waals surface area (Å²) in [6.07, 6.45) is 0.603. The molecule has 19 heavy (non-hydrogen) atoms. The van der Waals surface area contributed by atoms with Crippen LogP contribution in [0.3, 0.4) is 0 Å². The molecule has 0 unspecified atom stereocenters. The summed E-state index contributed by atoms with van der Waals surface area (Å²) in [7, 11) is 1.28. The maximum atomic E-state index is 11.5. The molecule has 7 heteroatoms. The molecule has 0 aliphatic rings. The number of esters is 1. The van der Waals surface area contributed by atoms with Gasteiger partial charge in [0.05, 0.1) is 13.7 Å². The van der Waals surface area contributed by atoms with Crippen LogP contribution in [0.15, 0.2) is 19.8 Å². The van der Waals surface area contributed by atoms with Crippen molar-refractivity contribution in [1.29, 1.82) is 0 Å². The van der Waals surface area contributed by atoms with E-state index in [1.807, 2.05) is 6.92 Å². The van der Waals surface area contributed by atoms with Gasteiger partial charge >= 0.3 is 11.7 Å². The largest absolute Gasteiger partial charge is 0.463 e. The third-order valence-electron chi connectivity index (χ3n) is 2.80. The van der Waals surface area contributed by atoms with E-state index in [4.69, 9.17) is 4.42 Å². The second-order valence-electron chi connectivity index (χ2n) is 3.99. The maximum absolute atomic E-state index is 11.5. The van der Waals surface area contributed by atoms with E-state index in [0.29, 0.717) is 18.0 Å². The molecule has 0 aromatic carbocycles. The van der Waals surface area contributed by atoms with Crippen molar-refractivity contribution in [3.05, 3.63) is 39.5 Å². The number of hydrogen-bond acceptors (Lipinski definition) is 6. The Morgan fingerprint density at radius 1 is 1.53 bits per heavy atom. The Balaban J connectivity index is 2.37. The van der Waals surface area contributed by atoms with Crippen LogP contribution in [-0.4, -0.2) is 22.8 Å². The van der Waals surface area contributed by atoms with Crippen LogP contribution >= 0.6 is 0 Å². The summed E-state index contributed by atoms with van der Waals surface area (Å²) in [4.78, 5) is 22.9. The highest BCUT2D eigenvalue weighted by molar-refractivity contribution is 5.86. The molecule has 0 aliphatic heterocycles. The standard InChI is InChI=1S/C12H14N2O5/c1-4-9-8(5-10(18-9)11(15)17-3)6-14-7(2)13-19-12(14)16/h5H,4,6H2,1-3H3. The molecular weight excluding hydrogens is 252 g/mol. The monoisotopic (exact) mass is 266 g/mol.